The van der Waals surface area contributed by atoms with E-state index < -0.39 is 10.0 Å². The Morgan fingerprint density at radius 1 is 1.09 bits per heavy atom. The van der Waals surface area contributed by atoms with Gasteiger partial charge in [0, 0.05) is 24.7 Å². The summed E-state index contributed by atoms with van der Waals surface area (Å²) in [5, 5.41) is 0.354. The third-order valence-electron chi connectivity index (χ3n) is 3.29. The van der Waals surface area contributed by atoms with Gasteiger partial charge in [0.1, 0.15) is 4.90 Å². The molecule has 0 aliphatic heterocycles. The van der Waals surface area contributed by atoms with E-state index in [1.54, 1.807) is 11.8 Å². The number of sulfonamides is 1. The summed E-state index contributed by atoms with van der Waals surface area (Å²) in [5.74, 6) is -0.242. The molecule has 0 aromatic heterocycles. The third-order valence-corrected chi connectivity index (χ3v) is 5.93. The average molecular weight is 367 g/mol. The highest BCUT2D eigenvalue weighted by Gasteiger charge is 2.28. The standard InChI is InChI=1S/C14H20Cl2N2O3S/c1-4-17(5-2)14(19)10-18(6-3)22(20,21)13-9-11(15)7-8-12(13)16/h7-9H,4-6,10H2,1-3H3. The van der Waals surface area contributed by atoms with Gasteiger partial charge < -0.3 is 4.90 Å². The molecule has 0 aliphatic carbocycles. The second kappa shape index (κ2) is 8.15. The zero-order valence-electron chi connectivity index (χ0n) is 12.8. The van der Waals surface area contributed by atoms with Gasteiger partial charge in [0.15, 0.2) is 0 Å². The minimum absolute atomic E-state index is 0.0816. The van der Waals surface area contributed by atoms with E-state index >= 15 is 0 Å². The summed E-state index contributed by atoms with van der Waals surface area (Å²) in [6.45, 7) is 6.38. The predicted molar refractivity (Wildman–Crippen MR) is 88.8 cm³/mol. The van der Waals surface area contributed by atoms with Crippen LogP contribution in [0.5, 0.6) is 0 Å². The van der Waals surface area contributed by atoms with E-state index in [4.69, 9.17) is 23.2 Å². The first-order valence-corrected chi connectivity index (χ1v) is 9.20. The monoisotopic (exact) mass is 366 g/mol. The molecule has 0 unspecified atom stereocenters. The molecule has 0 saturated carbocycles. The van der Waals surface area contributed by atoms with Crippen LogP contribution < -0.4 is 0 Å². The Bertz CT molecular complexity index is 631. The lowest BCUT2D eigenvalue weighted by atomic mass is 10.4. The molecule has 22 heavy (non-hydrogen) atoms. The van der Waals surface area contributed by atoms with Crippen molar-refractivity contribution in [2.45, 2.75) is 25.7 Å². The number of hydrogen-bond donors (Lipinski definition) is 0. The SMILES string of the molecule is CCN(CC)C(=O)CN(CC)S(=O)(=O)c1cc(Cl)ccc1Cl. The van der Waals surface area contributed by atoms with E-state index in [1.165, 1.54) is 18.2 Å². The van der Waals surface area contributed by atoms with E-state index in [2.05, 4.69) is 0 Å². The minimum atomic E-state index is -3.88. The normalized spacial score (nSPS) is 11.7. The molecule has 0 atom stereocenters. The fraction of sp³-hybridized carbons (Fsp3) is 0.500. The molecule has 124 valence electrons. The lowest BCUT2D eigenvalue weighted by Crippen LogP contribution is -2.42. The van der Waals surface area contributed by atoms with Gasteiger partial charge in [-0.1, -0.05) is 30.1 Å². The molecule has 0 heterocycles. The first-order valence-electron chi connectivity index (χ1n) is 7.00. The quantitative estimate of drug-likeness (QED) is 0.745. The van der Waals surface area contributed by atoms with Gasteiger partial charge in [0.25, 0.3) is 0 Å². The summed E-state index contributed by atoms with van der Waals surface area (Å²) in [6.07, 6.45) is 0. The highest BCUT2D eigenvalue weighted by molar-refractivity contribution is 7.89. The lowest BCUT2D eigenvalue weighted by Gasteiger charge is -2.25. The maximum Gasteiger partial charge on any atom is 0.245 e. The molecule has 0 radical (unpaired) electrons. The lowest BCUT2D eigenvalue weighted by molar-refractivity contribution is -0.131. The van der Waals surface area contributed by atoms with Crippen molar-refractivity contribution in [3.05, 3.63) is 28.2 Å². The number of likely N-dealkylation sites (N-methyl/N-ethyl adjacent to an activating group) is 2. The molecule has 0 aliphatic rings. The van der Waals surface area contributed by atoms with Gasteiger partial charge >= 0.3 is 0 Å². The van der Waals surface area contributed by atoms with E-state index in [9.17, 15) is 13.2 Å². The summed E-state index contributed by atoms with van der Waals surface area (Å²) in [4.78, 5) is 13.7. The van der Waals surface area contributed by atoms with Crippen molar-refractivity contribution in [1.29, 1.82) is 0 Å². The Labute approximate surface area is 141 Å². The molecule has 0 spiro atoms. The molecular weight excluding hydrogens is 347 g/mol. The number of amides is 1. The minimum Gasteiger partial charge on any atom is -0.342 e. The van der Waals surface area contributed by atoms with Gasteiger partial charge in [0.05, 0.1) is 11.6 Å². The van der Waals surface area contributed by atoms with Crippen LogP contribution in [0.3, 0.4) is 0 Å². The van der Waals surface area contributed by atoms with Crippen molar-refractivity contribution in [1.82, 2.24) is 9.21 Å². The summed E-state index contributed by atoms with van der Waals surface area (Å²) in [7, 11) is -3.88. The van der Waals surface area contributed by atoms with Crippen molar-refractivity contribution in [2.75, 3.05) is 26.2 Å². The topological polar surface area (TPSA) is 57.7 Å². The molecule has 0 fully saturated rings. The molecule has 0 saturated heterocycles. The van der Waals surface area contributed by atoms with Crippen molar-refractivity contribution < 1.29 is 13.2 Å². The van der Waals surface area contributed by atoms with Gasteiger partial charge in [-0.3, -0.25) is 4.79 Å². The smallest absolute Gasteiger partial charge is 0.245 e. The van der Waals surface area contributed by atoms with Crippen LogP contribution in [0, 0.1) is 0 Å². The van der Waals surface area contributed by atoms with Crippen molar-refractivity contribution in [2.24, 2.45) is 0 Å². The average Bonchev–Trinajstić information content (AvgIpc) is 2.48. The Balaban J connectivity index is 3.12. The number of hydrogen-bond acceptors (Lipinski definition) is 3. The zero-order valence-corrected chi connectivity index (χ0v) is 15.2. The Morgan fingerprint density at radius 2 is 1.68 bits per heavy atom. The molecule has 0 bridgehead atoms. The van der Waals surface area contributed by atoms with Gasteiger partial charge in [-0.2, -0.15) is 4.31 Å². The predicted octanol–water partition coefficient (Wildman–Crippen LogP) is 2.87. The number of nitrogens with zero attached hydrogens (tertiary/aromatic N) is 2. The van der Waals surface area contributed by atoms with E-state index in [0.29, 0.717) is 13.1 Å². The van der Waals surface area contributed by atoms with E-state index in [0.717, 1.165) is 4.31 Å². The fourth-order valence-electron chi connectivity index (χ4n) is 2.01. The number of benzene rings is 1. The molecule has 0 N–H and O–H groups in total. The summed E-state index contributed by atoms with van der Waals surface area (Å²) in [6, 6.07) is 4.24. The first kappa shape index (κ1) is 19.2. The van der Waals surface area contributed by atoms with Crippen LogP contribution in [0.4, 0.5) is 0 Å². The largest absolute Gasteiger partial charge is 0.342 e. The molecule has 1 aromatic carbocycles. The molecule has 1 rings (SSSR count). The van der Waals surface area contributed by atoms with Crippen molar-refractivity contribution in [3.8, 4) is 0 Å². The third kappa shape index (κ3) is 4.35. The second-order valence-corrected chi connectivity index (χ2v) is 7.32. The second-order valence-electron chi connectivity index (χ2n) is 4.57. The summed E-state index contributed by atoms with van der Waals surface area (Å²) in [5.41, 5.74) is 0. The molecule has 5 nitrogen and oxygen atoms in total. The van der Waals surface area contributed by atoms with Crippen LogP contribution in [0.25, 0.3) is 0 Å². The number of carbonyl (C=O) groups is 1. The Hall–Kier alpha value is -0.820. The Kier molecular flexibility index (Phi) is 7.12. The summed E-state index contributed by atoms with van der Waals surface area (Å²) < 4.78 is 26.5. The molecule has 1 amide bonds. The van der Waals surface area contributed by atoms with Crippen LogP contribution in [0.1, 0.15) is 20.8 Å². The van der Waals surface area contributed by atoms with E-state index in [-0.39, 0.29) is 33.9 Å². The number of rotatable bonds is 7. The van der Waals surface area contributed by atoms with Crippen LogP contribution in [-0.2, 0) is 14.8 Å². The van der Waals surface area contributed by atoms with Gasteiger partial charge in [-0.25, -0.2) is 8.42 Å². The number of halogens is 2. The first-order chi connectivity index (χ1) is 10.3. The van der Waals surface area contributed by atoms with Crippen molar-refractivity contribution >= 4 is 39.1 Å². The molecular formula is C14H20Cl2N2O3S. The van der Waals surface area contributed by atoms with Crippen LogP contribution in [0.2, 0.25) is 10.0 Å². The highest BCUT2D eigenvalue weighted by Crippen LogP contribution is 2.27. The van der Waals surface area contributed by atoms with E-state index in [1.807, 2.05) is 13.8 Å². The maximum absolute atomic E-state index is 12.7. The number of carbonyl (C=O) groups excluding carboxylic acids is 1. The maximum atomic E-state index is 12.7. The molecule has 1 aromatic rings. The van der Waals surface area contributed by atoms with Crippen LogP contribution in [0.15, 0.2) is 23.1 Å². The highest BCUT2D eigenvalue weighted by atomic mass is 35.5. The Morgan fingerprint density at radius 3 is 2.18 bits per heavy atom. The van der Waals surface area contributed by atoms with Crippen LogP contribution >= 0.6 is 23.2 Å². The fourth-order valence-corrected chi connectivity index (χ4v) is 4.14. The van der Waals surface area contributed by atoms with Crippen molar-refractivity contribution in [3.63, 3.8) is 0 Å². The molecule has 8 heteroatoms. The van der Waals surface area contributed by atoms with Gasteiger partial charge in [0.2, 0.25) is 15.9 Å². The summed E-state index contributed by atoms with van der Waals surface area (Å²) >= 11 is 11.8. The zero-order chi connectivity index (χ0) is 16.9. The van der Waals surface area contributed by atoms with Crippen LogP contribution in [-0.4, -0.2) is 49.7 Å². The van der Waals surface area contributed by atoms with Gasteiger partial charge in [-0.15, -0.1) is 0 Å². The van der Waals surface area contributed by atoms with Gasteiger partial charge in [-0.05, 0) is 32.0 Å².